The van der Waals surface area contributed by atoms with Crippen LogP contribution in [0.15, 0.2) is 4.99 Å². The van der Waals surface area contributed by atoms with Crippen molar-refractivity contribution >= 4 is 6.72 Å². The molecule has 10 heavy (non-hydrogen) atoms. The van der Waals surface area contributed by atoms with Crippen molar-refractivity contribution in [2.45, 2.75) is 31.8 Å². The Hall–Kier alpha value is -0.410. The van der Waals surface area contributed by atoms with Gasteiger partial charge in [0.15, 0.2) is 0 Å². The SMILES string of the molecule is C=NC(C)C(N)CCCN. The smallest absolute Gasteiger partial charge is 0.0615 e. The Morgan fingerprint density at radius 3 is 2.60 bits per heavy atom. The van der Waals surface area contributed by atoms with Crippen molar-refractivity contribution < 1.29 is 0 Å². The van der Waals surface area contributed by atoms with E-state index in [1.807, 2.05) is 6.92 Å². The molecule has 0 bridgehead atoms. The van der Waals surface area contributed by atoms with E-state index in [0.717, 1.165) is 12.8 Å². The van der Waals surface area contributed by atoms with Crippen LogP contribution in [0.1, 0.15) is 19.8 Å². The Bertz CT molecular complexity index is 92.9. The minimum Gasteiger partial charge on any atom is -0.330 e. The fourth-order valence-corrected chi connectivity index (χ4v) is 0.730. The van der Waals surface area contributed by atoms with Crippen molar-refractivity contribution in [1.82, 2.24) is 0 Å². The Morgan fingerprint density at radius 1 is 1.60 bits per heavy atom. The van der Waals surface area contributed by atoms with Crippen LogP contribution in [0.25, 0.3) is 0 Å². The lowest BCUT2D eigenvalue weighted by Gasteiger charge is -2.14. The zero-order valence-corrected chi connectivity index (χ0v) is 6.59. The quantitative estimate of drug-likeness (QED) is 0.538. The number of nitrogens with zero attached hydrogens (tertiary/aromatic N) is 1. The van der Waals surface area contributed by atoms with Crippen molar-refractivity contribution in [2.24, 2.45) is 16.5 Å². The first-order valence-electron chi connectivity index (χ1n) is 3.63. The highest BCUT2D eigenvalue weighted by molar-refractivity contribution is 5.24. The third kappa shape index (κ3) is 3.58. The second kappa shape index (κ2) is 5.38. The first kappa shape index (κ1) is 9.59. The second-order valence-electron chi connectivity index (χ2n) is 2.52. The van der Waals surface area contributed by atoms with Crippen LogP contribution in [0.3, 0.4) is 0 Å². The molecule has 2 atom stereocenters. The van der Waals surface area contributed by atoms with Crippen LogP contribution in [0.2, 0.25) is 0 Å². The Labute approximate surface area is 62.5 Å². The topological polar surface area (TPSA) is 64.4 Å². The lowest BCUT2D eigenvalue weighted by molar-refractivity contribution is 0.514. The van der Waals surface area contributed by atoms with Gasteiger partial charge in [0, 0.05) is 6.04 Å². The molecule has 0 saturated carbocycles. The molecule has 0 spiro atoms. The van der Waals surface area contributed by atoms with Gasteiger partial charge < -0.3 is 11.5 Å². The van der Waals surface area contributed by atoms with Crippen molar-refractivity contribution in [3.8, 4) is 0 Å². The number of rotatable bonds is 5. The van der Waals surface area contributed by atoms with E-state index in [1.54, 1.807) is 0 Å². The van der Waals surface area contributed by atoms with E-state index in [9.17, 15) is 0 Å². The van der Waals surface area contributed by atoms with Gasteiger partial charge in [0.1, 0.15) is 0 Å². The van der Waals surface area contributed by atoms with Gasteiger partial charge in [0.2, 0.25) is 0 Å². The van der Waals surface area contributed by atoms with Crippen LogP contribution in [0.5, 0.6) is 0 Å². The summed E-state index contributed by atoms with van der Waals surface area (Å²) in [5, 5.41) is 0. The van der Waals surface area contributed by atoms with Crippen LogP contribution in [-0.2, 0) is 0 Å². The molecule has 0 aliphatic heterocycles. The molecule has 0 aromatic rings. The highest BCUT2D eigenvalue weighted by Crippen LogP contribution is 2.00. The zero-order chi connectivity index (χ0) is 7.98. The van der Waals surface area contributed by atoms with Crippen LogP contribution in [-0.4, -0.2) is 25.3 Å². The minimum absolute atomic E-state index is 0.126. The number of nitrogens with two attached hydrogens (primary N) is 2. The molecule has 60 valence electrons. The Morgan fingerprint density at radius 2 is 2.20 bits per heavy atom. The van der Waals surface area contributed by atoms with Gasteiger partial charge in [-0.3, -0.25) is 4.99 Å². The summed E-state index contributed by atoms with van der Waals surface area (Å²) in [6.07, 6.45) is 1.91. The summed E-state index contributed by atoms with van der Waals surface area (Å²) < 4.78 is 0. The number of hydrogen-bond acceptors (Lipinski definition) is 3. The van der Waals surface area contributed by atoms with Gasteiger partial charge >= 0.3 is 0 Å². The van der Waals surface area contributed by atoms with Gasteiger partial charge in [0.25, 0.3) is 0 Å². The molecule has 0 radical (unpaired) electrons. The standard InChI is InChI=1S/C7H17N3/c1-6(10-2)7(9)4-3-5-8/h6-7H,2-5,8-9H2,1H3. The maximum Gasteiger partial charge on any atom is 0.0615 e. The molecular weight excluding hydrogens is 126 g/mol. The van der Waals surface area contributed by atoms with E-state index in [-0.39, 0.29) is 12.1 Å². The average Bonchev–Trinajstić information content (AvgIpc) is 1.98. The van der Waals surface area contributed by atoms with Gasteiger partial charge in [-0.1, -0.05) is 0 Å². The van der Waals surface area contributed by atoms with E-state index in [0.29, 0.717) is 6.54 Å². The van der Waals surface area contributed by atoms with Crippen molar-refractivity contribution in [1.29, 1.82) is 0 Å². The molecule has 0 aromatic carbocycles. The van der Waals surface area contributed by atoms with E-state index >= 15 is 0 Å². The van der Waals surface area contributed by atoms with Gasteiger partial charge in [0.05, 0.1) is 6.04 Å². The average molecular weight is 143 g/mol. The van der Waals surface area contributed by atoms with Crippen molar-refractivity contribution in [3.05, 3.63) is 0 Å². The summed E-state index contributed by atoms with van der Waals surface area (Å²) in [6.45, 7) is 6.10. The molecule has 2 unspecified atom stereocenters. The number of hydrogen-bond donors (Lipinski definition) is 2. The van der Waals surface area contributed by atoms with E-state index in [4.69, 9.17) is 11.5 Å². The van der Waals surface area contributed by atoms with E-state index in [2.05, 4.69) is 11.7 Å². The zero-order valence-electron chi connectivity index (χ0n) is 6.59. The lowest BCUT2D eigenvalue weighted by Crippen LogP contribution is -2.31. The maximum absolute atomic E-state index is 5.72. The van der Waals surface area contributed by atoms with Crippen molar-refractivity contribution in [2.75, 3.05) is 6.54 Å². The largest absolute Gasteiger partial charge is 0.330 e. The second-order valence-corrected chi connectivity index (χ2v) is 2.52. The maximum atomic E-state index is 5.72. The lowest BCUT2D eigenvalue weighted by atomic mass is 10.1. The first-order chi connectivity index (χ1) is 4.72. The third-order valence-corrected chi connectivity index (χ3v) is 1.65. The molecule has 0 aliphatic carbocycles. The predicted molar refractivity (Wildman–Crippen MR) is 45.3 cm³/mol. The highest BCUT2D eigenvalue weighted by Gasteiger charge is 2.08. The molecule has 0 amide bonds. The van der Waals surface area contributed by atoms with E-state index < -0.39 is 0 Å². The van der Waals surface area contributed by atoms with Crippen LogP contribution >= 0.6 is 0 Å². The van der Waals surface area contributed by atoms with Crippen LogP contribution in [0, 0.1) is 0 Å². The monoisotopic (exact) mass is 143 g/mol. The summed E-state index contributed by atoms with van der Waals surface area (Å²) in [5.74, 6) is 0. The summed E-state index contributed by atoms with van der Waals surface area (Å²) in [6, 6.07) is 0.285. The van der Waals surface area contributed by atoms with E-state index in [1.165, 1.54) is 0 Å². The molecule has 0 heterocycles. The number of aliphatic imine (C=N–C) groups is 1. The Kier molecular flexibility index (Phi) is 5.16. The minimum atomic E-state index is 0.126. The molecule has 0 aliphatic rings. The molecule has 3 nitrogen and oxygen atoms in total. The fraction of sp³-hybridized carbons (Fsp3) is 0.857. The molecule has 0 saturated heterocycles. The van der Waals surface area contributed by atoms with Crippen molar-refractivity contribution in [3.63, 3.8) is 0 Å². The molecule has 4 N–H and O–H groups in total. The Balaban J connectivity index is 3.40. The normalized spacial score (nSPS) is 16.3. The molecule has 3 heteroatoms. The fourth-order valence-electron chi connectivity index (χ4n) is 0.730. The van der Waals surface area contributed by atoms with Crippen LogP contribution in [0.4, 0.5) is 0 Å². The molecule has 0 fully saturated rings. The summed E-state index contributed by atoms with van der Waals surface area (Å²) in [7, 11) is 0. The summed E-state index contributed by atoms with van der Waals surface area (Å²) in [4.78, 5) is 3.83. The van der Waals surface area contributed by atoms with Crippen LogP contribution < -0.4 is 11.5 Å². The third-order valence-electron chi connectivity index (χ3n) is 1.65. The summed E-state index contributed by atoms with van der Waals surface area (Å²) in [5.41, 5.74) is 11.0. The molecule has 0 aromatic heterocycles. The van der Waals surface area contributed by atoms with Gasteiger partial charge in [-0.05, 0) is 33.0 Å². The summed E-state index contributed by atoms with van der Waals surface area (Å²) >= 11 is 0. The van der Waals surface area contributed by atoms with Gasteiger partial charge in [-0.25, -0.2) is 0 Å². The van der Waals surface area contributed by atoms with Gasteiger partial charge in [-0.2, -0.15) is 0 Å². The predicted octanol–water partition coefficient (Wildman–Crippen LogP) is 0.142. The highest BCUT2D eigenvalue weighted by atomic mass is 14.8. The molecule has 0 rings (SSSR count). The molecular formula is C7H17N3. The first-order valence-corrected chi connectivity index (χ1v) is 3.63. The van der Waals surface area contributed by atoms with Gasteiger partial charge in [-0.15, -0.1) is 0 Å².